The minimum atomic E-state index is -4.45. The Balaban J connectivity index is 1.70. The van der Waals surface area contributed by atoms with Crippen LogP contribution in [0.25, 0.3) is 22.5 Å². The molecule has 0 atom stereocenters. The Morgan fingerprint density at radius 1 is 1.23 bits per heavy atom. The first-order chi connectivity index (χ1) is 16.7. The van der Waals surface area contributed by atoms with Crippen LogP contribution in [0.1, 0.15) is 12.6 Å². The number of nitrogens with one attached hydrogen (secondary N) is 2. The lowest BCUT2D eigenvalue weighted by molar-refractivity contribution is -0.142. The highest BCUT2D eigenvalue weighted by Gasteiger charge is 2.30. The topological polar surface area (TPSA) is 119 Å². The van der Waals surface area contributed by atoms with Gasteiger partial charge >= 0.3 is 6.18 Å². The van der Waals surface area contributed by atoms with Crippen LogP contribution >= 0.6 is 0 Å². The van der Waals surface area contributed by atoms with Crippen LogP contribution in [-0.4, -0.2) is 70.1 Å². The Morgan fingerprint density at radius 2 is 1.97 bits per heavy atom. The third-order valence-corrected chi connectivity index (χ3v) is 5.85. The summed E-state index contributed by atoms with van der Waals surface area (Å²) in [5.41, 5.74) is 9.35. The van der Waals surface area contributed by atoms with E-state index in [-0.39, 0.29) is 17.4 Å². The summed E-state index contributed by atoms with van der Waals surface area (Å²) < 4.78 is 40.1. The lowest BCUT2D eigenvalue weighted by atomic mass is 10.1. The summed E-state index contributed by atoms with van der Waals surface area (Å²) in [7, 11) is 0. The van der Waals surface area contributed by atoms with E-state index >= 15 is 0 Å². The Labute approximate surface area is 199 Å². The summed E-state index contributed by atoms with van der Waals surface area (Å²) in [6, 6.07) is 10.9. The molecule has 4 rings (SSSR count). The third kappa shape index (κ3) is 5.36. The SMILES string of the molecule is CC(=O)N1CCN(c2cccc(-c3cc(-c4ccnn4CC(F)(F)F)c(/C(N)=N\C=N)[nH]3)c2)CC1. The molecule has 4 N–H and O–H groups in total. The molecule has 2 aromatic heterocycles. The van der Waals surface area contributed by atoms with Gasteiger partial charge in [-0.1, -0.05) is 12.1 Å². The van der Waals surface area contributed by atoms with Crippen molar-refractivity contribution < 1.29 is 18.0 Å². The number of aromatic nitrogens is 3. The first-order valence-corrected chi connectivity index (χ1v) is 10.9. The molecule has 1 amide bonds. The largest absolute Gasteiger partial charge is 0.408 e. The number of carbonyl (C=O) groups excluding carboxylic acids is 1. The number of benzene rings is 1. The number of hydrogen-bond acceptors (Lipinski definition) is 4. The number of carbonyl (C=O) groups is 1. The van der Waals surface area contributed by atoms with Crippen molar-refractivity contribution in [2.75, 3.05) is 31.1 Å². The second-order valence-electron chi connectivity index (χ2n) is 8.15. The smallest absolute Gasteiger partial charge is 0.382 e. The molecule has 0 aliphatic carbocycles. The number of amidine groups is 1. The molecule has 1 fully saturated rings. The fraction of sp³-hybridized carbons (Fsp3) is 0.304. The summed E-state index contributed by atoms with van der Waals surface area (Å²) in [5, 5.41) is 11.1. The van der Waals surface area contributed by atoms with E-state index in [9.17, 15) is 18.0 Å². The Kier molecular flexibility index (Phi) is 6.63. The van der Waals surface area contributed by atoms with Crippen molar-refractivity contribution >= 4 is 23.8 Å². The molecule has 9 nitrogen and oxygen atoms in total. The van der Waals surface area contributed by atoms with Gasteiger partial charge in [-0.25, -0.2) is 4.99 Å². The molecule has 1 aromatic carbocycles. The molecule has 0 bridgehead atoms. The van der Waals surface area contributed by atoms with Crippen LogP contribution in [0.15, 0.2) is 47.6 Å². The number of amides is 1. The maximum atomic E-state index is 13.1. The molecule has 3 aromatic rings. The molecule has 35 heavy (non-hydrogen) atoms. The number of nitrogens with zero attached hydrogens (tertiary/aromatic N) is 5. The van der Waals surface area contributed by atoms with Gasteiger partial charge in [0, 0.05) is 61.8 Å². The zero-order valence-electron chi connectivity index (χ0n) is 19.0. The highest BCUT2D eigenvalue weighted by Crippen LogP contribution is 2.32. The second-order valence-corrected chi connectivity index (χ2v) is 8.15. The van der Waals surface area contributed by atoms with Crippen LogP contribution in [0.3, 0.4) is 0 Å². The quantitative estimate of drug-likeness (QED) is 0.366. The van der Waals surface area contributed by atoms with Crippen molar-refractivity contribution in [1.82, 2.24) is 19.7 Å². The van der Waals surface area contributed by atoms with Crippen molar-refractivity contribution in [3.63, 3.8) is 0 Å². The van der Waals surface area contributed by atoms with Crippen molar-refractivity contribution in [2.24, 2.45) is 10.7 Å². The van der Waals surface area contributed by atoms with Crippen LogP contribution in [0.5, 0.6) is 0 Å². The lowest BCUT2D eigenvalue weighted by Crippen LogP contribution is -2.48. The minimum Gasteiger partial charge on any atom is -0.382 e. The van der Waals surface area contributed by atoms with E-state index in [2.05, 4.69) is 20.0 Å². The number of piperazine rings is 1. The first kappa shape index (κ1) is 24.0. The molecule has 184 valence electrons. The zero-order chi connectivity index (χ0) is 25.2. The molecular weight excluding hydrogens is 461 g/mol. The van der Waals surface area contributed by atoms with Crippen LogP contribution in [0.4, 0.5) is 18.9 Å². The molecule has 12 heteroatoms. The van der Waals surface area contributed by atoms with Gasteiger partial charge in [0.15, 0.2) is 0 Å². The number of aliphatic imine (C=N–C) groups is 1. The monoisotopic (exact) mass is 486 g/mol. The number of H-pyrrole nitrogens is 1. The van der Waals surface area contributed by atoms with Crippen molar-refractivity contribution in [1.29, 1.82) is 5.41 Å². The summed E-state index contributed by atoms with van der Waals surface area (Å²) in [6.07, 6.45) is -2.38. The van der Waals surface area contributed by atoms with E-state index in [4.69, 9.17) is 11.1 Å². The van der Waals surface area contributed by atoms with E-state index in [1.165, 1.54) is 12.3 Å². The molecule has 1 saturated heterocycles. The number of aromatic amines is 1. The van der Waals surface area contributed by atoms with E-state index in [1.807, 2.05) is 24.3 Å². The van der Waals surface area contributed by atoms with Crippen molar-refractivity contribution in [3.8, 4) is 22.5 Å². The number of alkyl halides is 3. The average molecular weight is 487 g/mol. The maximum Gasteiger partial charge on any atom is 0.408 e. The van der Waals surface area contributed by atoms with Gasteiger partial charge in [-0.2, -0.15) is 18.3 Å². The van der Waals surface area contributed by atoms with Gasteiger partial charge in [-0.3, -0.25) is 14.9 Å². The van der Waals surface area contributed by atoms with Crippen molar-refractivity contribution in [3.05, 3.63) is 48.3 Å². The van der Waals surface area contributed by atoms with Crippen LogP contribution in [0.2, 0.25) is 0 Å². The number of hydrogen-bond donors (Lipinski definition) is 3. The molecule has 3 heterocycles. The van der Waals surface area contributed by atoms with Gasteiger partial charge in [-0.15, -0.1) is 0 Å². The average Bonchev–Trinajstić information content (AvgIpc) is 3.45. The Hall–Kier alpha value is -4.09. The fourth-order valence-corrected chi connectivity index (χ4v) is 4.16. The van der Waals surface area contributed by atoms with Crippen LogP contribution in [0, 0.1) is 5.41 Å². The lowest BCUT2D eigenvalue weighted by Gasteiger charge is -2.35. The van der Waals surface area contributed by atoms with Crippen molar-refractivity contribution in [2.45, 2.75) is 19.6 Å². The Morgan fingerprint density at radius 3 is 2.63 bits per heavy atom. The normalized spacial score (nSPS) is 14.9. The van der Waals surface area contributed by atoms with Crippen LogP contribution < -0.4 is 10.6 Å². The van der Waals surface area contributed by atoms with Gasteiger partial charge < -0.3 is 20.5 Å². The summed E-state index contributed by atoms with van der Waals surface area (Å²) in [5.74, 6) is 0.0244. The molecule has 1 aliphatic heterocycles. The van der Waals surface area contributed by atoms with Gasteiger partial charge in [-0.05, 0) is 24.3 Å². The number of nitrogens with two attached hydrogens (primary N) is 1. The maximum absolute atomic E-state index is 13.1. The van der Waals surface area contributed by atoms with E-state index in [1.54, 1.807) is 17.9 Å². The number of anilines is 1. The molecule has 0 radical (unpaired) electrons. The predicted octanol–water partition coefficient (Wildman–Crippen LogP) is 3.09. The first-order valence-electron chi connectivity index (χ1n) is 10.9. The molecule has 0 saturated carbocycles. The third-order valence-electron chi connectivity index (χ3n) is 5.85. The van der Waals surface area contributed by atoms with E-state index < -0.39 is 12.7 Å². The molecule has 1 aliphatic rings. The summed E-state index contributed by atoms with van der Waals surface area (Å²) in [6.45, 7) is 2.97. The van der Waals surface area contributed by atoms with E-state index in [0.717, 1.165) is 22.3 Å². The van der Waals surface area contributed by atoms with Gasteiger partial charge in [0.2, 0.25) is 5.91 Å². The zero-order valence-corrected chi connectivity index (χ0v) is 19.0. The predicted molar refractivity (Wildman–Crippen MR) is 127 cm³/mol. The second kappa shape index (κ2) is 9.65. The standard InChI is InChI=1S/C23H25F3N8O/c1-15(35)32-7-9-33(10-8-32)17-4-2-3-16(11-17)19-12-18(21(31-19)22(28)29-14-27)20-5-6-30-34(20)13-23(24,25)26/h2-6,11-12,14,31H,7-10,13H2,1H3,(H3,27,28,29). The van der Waals surface area contributed by atoms with Crippen LogP contribution in [-0.2, 0) is 11.3 Å². The number of halogens is 3. The van der Waals surface area contributed by atoms with Gasteiger partial charge in [0.05, 0.1) is 11.4 Å². The fourth-order valence-electron chi connectivity index (χ4n) is 4.16. The Bertz CT molecular complexity index is 1250. The van der Waals surface area contributed by atoms with Gasteiger partial charge in [0.25, 0.3) is 0 Å². The minimum absolute atomic E-state index is 0.0301. The number of rotatable bonds is 6. The highest BCUT2D eigenvalue weighted by molar-refractivity contribution is 6.05. The molecule has 0 unspecified atom stereocenters. The molecule has 0 spiro atoms. The van der Waals surface area contributed by atoms with E-state index in [0.29, 0.717) is 43.1 Å². The molecular formula is C23H25F3N8O. The van der Waals surface area contributed by atoms with Gasteiger partial charge in [0.1, 0.15) is 18.7 Å². The summed E-state index contributed by atoms with van der Waals surface area (Å²) in [4.78, 5) is 22.6. The highest BCUT2D eigenvalue weighted by atomic mass is 19.4. The summed E-state index contributed by atoms with van der Waals surface area (Å²) >= 11 is 0.